The molecule has 0 spiro atoms. The lowest BCUT2D eigenvalue weighted by Crippen LogP contribution is -2.18. The molecule has 0 fully saturated rings. The summed E-state index contributed by atoms with van der Waals surface area (Å²) in [6.07, 6.45) is 0.981. The van der Waals surface area contributed by atoms with Gasteiger partial charge in [0.05, 0.1) is 10.1 Å². The third kappa shape index (κ3) is 2.68. The van der Waals surface area contributed by atoms with Crippen LogP contribution in [0, 0.1) is 0 Å². The number of nitrogens with zero attached hydrogens (tertiary/aromatic N) is 2. The van der Waals surface area contributed by atoms with Crippen molar-refractivity contribution in [3.8, 4) is 0 Å². The Hall–Kier alpha value is -1.33. The van der Waals surface area contributed by atoms with E-state index in [1.165, 1.54) is 11.5 Å². The van der Waals surface area contributed by atoms with Crippen molar-refractivity contribution < 1.29 is 0 Å². The Morgan fingerprint density at radius 3 is 2.88 bits per heavy atom. The normalized spacial score (nSPS) is 11.5. The Morgan fingerprint density at radius 2 is 2.18 bits per heavy atom. The van der Waals surface area contributed by atoms with Gasteiger partial charge in [0.25, 0.3) is 5.56 Å². The Kier molecular flexibility index (Phi) is 3.49. The molecule has 2 N–H and O–H groups in total. The van der Waals surface area contributed by atoms with Crippen molar-refractivity contribution in [2.75, 3.05) is 26.4 Å². The molecular formula is C12H17N3OS. The summed E-state index contributed by atoms with van der Waals surface area (Å²) in [5.41, 5.74) is 6.42. The molecule has 1 aromatic carbocycles. The topological polar surface area (TPSA) is 51.3 Å². The minimum Gasteiger partial charge on any atom is -0.399 e. The van der Waals surface area contributed by atoms with E-state index < -0.39 is 0 Å². The van der Waals surface area contributed by atoms with Crippen LogP contribution in [0.4, 0.5) is 5.69 Å². The first-order chi connectivity index (χ1) is 8.08. The fraction of sp³-hybridized carbons (Fsp3) is 0.417. The number of aromatic nitrogens is 1. The van der Waals surface area contributed by atoms with E-state index in [2.05, 4.69) is 4.90 Å². The summed E-state index contributed by atoms with van der Waals surface area (Å²) in [4.78, 5) is 14.2. The van der Waals surface area contributed by atoms with Gasteiger partial charge in [0.15, 0.2) is 0 Å². The lowest BCUT2D eigenvalue weighted by atomic mass is 10.2. The average Bonchev–Trinajstić information content (AvgIpc) is 2.56. The second kappa shape index (κ2) is 4.89. The Bertz CT molecular complexity index is 571. The summed E-state index contributed by atoms with van der Waals surface area (Å²) in [6, 6.07) is 5.51. The first kappa shape index (κ1) is 12.1. The van der Waals surface area contributed by atoms with E-state index in [4.69, 9.17) is 5.73 Å². The van der Waals surface area contributed by atoms with Crippen molar-refractivity contribution in [3.63, 3.8) is 0 Å². The molecule has 1 heterocycles. The van der Waals surface area contributed by atoms with Crippen LogP contribution in [0.25, 0.3) is 10.1 Å². The summed E-state index contributed by atoms with van der Waals surface area (Å²) >= 11 is 1.51. The van der Waals surface area contributed by atoms with E-state index in [0.29, 0.717) is 5.69 Å². The lowest BCUT2D eigenvalue weighted by Gasteiger charge is -2.08. The van der Waals surface area contributed by atoms with Crippen molar-refractivity contribution in [1.29, 1.82) is 0 Å². The SMILES string of the molecule is CN(C)CCCn1sc2ccc(N)cc2c1=O. The molecule has 5 heteroatoms. The van der Waals surface area contributed by atoms with Gasteiger partial charge in [-0.1, -0.05) is 11.5 Å². The zero-order valence-corrected chi connectivity index (χ0v) is 11.0. The molecule has 0 saturated heterocycles. The highest BCUT2D eigenvalue weighted by Gasteiger charge is 2.07. The summed E-state index contributed by atoms with van der Waals surface area (Å²) < 4.78 is 2.82. The lowest BCUT2D eigenvalue weighted by molar-refractivity contribution is 0.389. The Labute approximate surface area is 104 Å². The van der Waals surface area contributed by atoms with Crippen LogP contribution < -0.4 is 11.3 Å². The predicted octanol–water partition coefficient (Wildman–Crippen LogP) is 1.60. The standard InChI is InChI=1S/C12H17N3OS/c1-14(2)6-3-7-15-12(16)10-8-9(13)4-5-11(10)17-15/h4-5,8H,3,6-7,13H2,1-2H3. The summed E-state index contributed by atoms with van der Waals surface area (Å²) in [5, 5.41) is 0.736. The molecule has 0 unspecified atom stereocenters. The van der Waals surface area contributed by atoms with Gasteiger partial charge in [-0.2, -0.15) is 0 Å². The molecule has 1 aromatic heterocycles. The number of nitrogen functional groups attached to an aromatic ring is 1. The molecule has 0 aliphatic carbocycles. The average molecular weight is 251 g/mol. The number of aryl methyl sites for hydroxylation is 1. The van der Waals surface area contributed by atoms with Gasteiger partial charge < -0.3 is 10.6 Å². The summed E-state index contributed by atoms with van der Waals surface area (Å²) in [5.74, 6) is 0. The van der Waals surface area contributed by atoms with E-state index >= 15 is 0 Å². The van der Waals surface area contributed by atoms with Crippen LogP contribution in [-0.4, -0.2) is 29.5 Å². The molecule has 4 nitrogen and oxygen atoms in total. The predicted molar refractivity (Wildman–Crippen MR) is 73.7 cm³/mol. The van der Waals surface area contributed by atoms with Gasteiger partial charge in [-0.25, -0.2) is 0 Å². The van der Waals surface area contributed by atoms with E-state index in [9.17, 15) is 4.79 Å². The number of rotatable bonds is 4. The van der Waals surface area contributed by atoms with E-state index in [1.807, 2.05) is 30.2 Å². The number of hydrogen-bond donors (Lipinski definition) is 1. The van der Waals surface area contributed by atoms with Crippen molar-refractivity contribution in [2.24, 2.45) is 0 Å². The molecule has 0 amide bonds. The minimum atomic E-state index is 0.0797. The first-order valence-electron chi connectivity index (χ1n) is 5.62. The van der Waals surface area contributed by atoms with Gasteiger partial charge in [0.1, 0.15) is 0 Å². The monoisotopic (exact) mass is 251 g/mol. The smallest absolute Gasteiger partial charge is 0.268 e. The number of anilines is 1. The van der Waals surface area contributed by atoms with Crippen molar-refractivity contribution in [3.05, 3.63) is 28.6 Å². The van der Waals surface area contributed by atoms with Crippen LogP contribution >= 0.6 is 11.5 Å². The molecular weight excluding hydrogens is 234 g/mol. The van der Waals surface area contributed by atoms with Gasteiger partial charge >= 0.3 is 0 Å². The molecule has 0 atom stereocenters. The third-order valence-corrected chi connectivity index (χ3v) is 3.76. The van der Waals surface area contributed by atoms with Crippen LogP contribution in [-0.2, 0) is 6.54 Å². The van der Waals surface area contributed by atoms with Crippen LogP contribution in [0.5, 0.6) is 0 Å². The largest absolute Gasteiger partial charge is 0.399 e. The molecule has 0 bridgehead atoms. The number of hydrogen-bond acceptors (Lipinski definition) is 4. The highest BCUT2D eigenvalue weighted by Crippen LogP contribution is 2.19. The van der Waals surface area contributed by atoms with Crippen molar-refractivity contribution in [1.82, 2.24) is 8.86 Å². The second-order valence-electron chi connectivity index (χ2n) is 4.41. The number of nitrogens with two attached hydrogens (primary N) is 1. The first-order valence-corrected chi connectivity index (χ1v) is 6.39. The van der Waals surface area contributed by atoms with E-state index in [0.717, 1.165) is 29.6 Å². The molecule has 2 aromatic rings. The second-order valence-corrected chi connectivity index (χ2v) is 5.47. The quantitative estimate of drug-likeness (QED) is 0.840. The fourth-order valence-corrected chi connectivity index (χ4v) is 2.78. The Balaban J connectivity index is 2.24. The maximum atomic E-state index is 12.1. The summed E-state index contributed by atoms with van der Waals surface area (Å²) in [6.45, 7) is 1.76. The minimum absolute atomic E-state index is 0.0797. The Morgan fingerprint density at radius 1 is 1.41 bits per heavy atom. The number of fused-ring (bicyclic) bond motifs is 1. The zero-order chi connectivity index (χ0) is 12.4. The maximum absolute atomic E-state index is 12.1. The van der Waals surface area contributed by atoms with Crippen molar-refractivity contribution in [2.45, 2.75) is 13.0 Å². The molecule has 92 valence electrons. The molecule has 0 aliphatic heterocycles. The van der Waals surface area contributed by atoms with Gasteiger partial charge in [0, 0.05) is 12.2 Å². The third-order valence-electron chi connectivity index (χ3n) is 2.64. The van der Waals surface area contributed by atoms with Gasteiger partial charge in [-0.3, -0.25) is 8.75 Å². The van der Waals surface area contributed by atoms with Crippen LogP contribution in [0.2, 0.25) is 0 Å². The van der Waals surface area contributed by atoms with E-state index in [-0.39, 0.29) is 5.56 Å². The van der Waals surface area contributed by atoms with Gasteiger partial charge in [-0.05, 0) is 45.3 Å². The fourth-order valence-electron chi connectivity index (χ4n) is 1.77. The molecule has 0 radical (unpaired) electrons. The highest BCUT2D eigenvalue weighted by atomic mass is 32.1. The van der Waals surface area contributed by atoms with Gasteiger partial charge in [-0.15, -0.1) is 0 Å². The van der Waals surface area contributed by atoms with Crippen LogP contribution in [0.3, 0.4) is 0 Å². The van der Waals surface area contributed by atoms with Gasteiger partial charge in [0.2, 0.25) is 0 Å². The summed E-state index contributed by atoms with van der Waals surface area (Å²) in [7, 11) is 4.07. The van der Waals surface area contributed by atoms with Crippen molar-refractivity contribution >= 4 is 27.3 Å². The van der Waals surface area contributed by atoms with Crippen LogP contribution in [0.1, 0.15) is 6.42 Å². The number of benzene rings is 1. The molecule has 0 aliphatic rings. The maximum Gasteiger partial charge on any atom is 0.268 e. The molecule has 0 saturated carbocycles. The highest BCUT2D eigenvalue weighted by molar-refractivity contribution is 7.13. The van der Waals surface area contributed by atoms with Crippen LogP contribution in [0.15, 0.2) is 23.0 Å². The zero-order valence-electron chi connectivity index (χ0n) is 10.1. The molecule has 2 rings (SSSR count). The molecule has 17 heavy (non-hydrogen) atoms. The van der Waals surface area contributed by atoms with E-state index in [1.54, 1.807) is 6.07 Å².